The number of rotatable bonds is 4. The molecule has 0 aliphatic heterocycles. The van der Waals surface area contributed by atoms with Gasteiger partial charge in [0, 0.05) is 12.7 Å². The Morgan fingerprint density at radius 2 is 2.11 bits per heavy atom. The second-order valence-corrected chi connectivity index (χ2v) is 5.78. The highest BCUT2D eigenvalue weighted by atomic mass is 79.9. The Labute approximate surface area is 115 Å². The van der Waals surface area contributed by atoms with Crippen LogP contribution in [0, 0.1) is 5.92 Å². The quantitative estimate of drug-likeness (QED) is 0.944. The summed E-state index contributed by atoms with van der Waals surface area (Å²) >= 11 is 3.39. The lowest BCUT2D eigenvalue weighted by atomic mass is 10.1. The molecule has 0 radical (unpaired) electrons. The van der Waals surface area contributed by atoms with Gasteiger partial charge in [0.15, 0.2) is 5.65 Å². The van der Waals surface area contributed by atoms with Crippen LogP contribution in [0.1, 0.15) is 31.4 Å². The average Bonchev–Trinajstić information content (AvgIpc) is 2.99. The van der Waals surface area contributed by atoms with Crippen LogP contribution in [0.5, 0.6) is 0 Å². The minimum absolute atomic E-state index is 0.838. The molecule has 3 rings (SSSR count). The SMILES string of the molecule is Brc1cn2c(CNCC3CCCC3)cnc2cn1. The highest BCUT2D eigenvalue weighted by Crippen LogP contribution is 2.23. The summed E-state index contributed by atoms with van der Waals surface area (Å²) in [4.78, 5) is 8.53. The van der Waals surface area contributed by atoms with Crippen LogP contribution in [0.4, 0.5) is 0 Å². The number of aromatic nitrogens is 3. The van der Waals surface area contributed by atoms with Gasteiger partial charge in [-0.25, -0.2) is 9.97 Å². The van der Waals surface area contributed by atoms with Crippen LogP contribution in [-0.2, 0) is 6.54 Å². The van der Waals surface area contributed by atoms with Crippen molar-refractivity contribution in [2.24, 2.45) is 5.92 Å². The van der Waals surface area contributed by atoms with Crippen LogP contribution < -0.4 is 5.32 Å². The van der Waals surface area contributed by atoms with E-state index in [1.165, 1.54) is 31.4 Å². The number of hydrogen-bond acceptors (Lipinski definition) is 3. The maximum absolute atomic E-state index is 4.35. The summed E-state index contributed by atoms with van der Waals surface area (Å²) in [6.45, 7) is 1.99. The third-order valence-electron chi connectivity index (χ3n) is 3.65. The van der Waals surface area contributed by atoms with Crippen molar-refractivity contribution >= 4 is 21.6 Å². The van der Waals surface area contributed by atoms with Gasteiger partial charge < -0.3 is 5.32 Å². The van der Waals surface area contributed by atoms with Crippen LogP contribution in [-0.4, -0.2) is 20.9 Å². The lowest BCUT2D eigenvalue weighted by Gasteiger charge is -2.10. The zero-order chi connectivity index (χ0) is 12.4. The van der Waals surface area contributed by atoms with Crippen LogP contribution in [0.3, 0.4) is 0 Å². The summed E-state index contributed by atoms with van der Waals surface area (Å²) in [5.74, 6) is 0.873. The molecule has 1 saturated carbocycles. The Kier molecular flexibility index (Phi) is 3.61. The minimum atomic E-state index is 0.838. The van der Waals surface area contributed by atoms with Gasteiger partial charge in [-0.1, -0.05) is 12.8 Å². The highest BCUT2D eigenvalue weighted by Gasteiger charge is 2.14. The van der Waals surface area contributed by atoms with E-state index in [1.807, 2.05) is 12.4 Å². The van der Waals surface area contributed by atoms with Crippen LogP contribution in [0.2, 0.25) is 0 Å². The summed E-state index contributed by atoms with van der Waals surface area (Å²) in [7, 11) is 0. The number of hydrogen-bond donors (Lipinski definition) is 1. The summed E-state index contributed by atoms with van der Waals surface area (Å²) in [6.07, 6.45) is 11.2. The first-order valence-electron chi connectivity index (χ1n) is 6.51. The van der Waals surface area contributed by atoms with Crippen molar-refractivity contribution in [2.45, 2.75) is 32.2 Å². The number of nitrogens with one attached hydrogen (secondary N) is 1. The lowest BCUT2D eigenvalue weighted by molar-refractivity contribution is 0.486. The maximum atomic E-state index is 4.35. The second-order valence-electron chi connectivity index (χ2n) is 4.97. The van der Waals surface area contributed by atoms with Crippen LogP contribution in [0.15, 0.2) is 23.2 Å². The third kappa shape index (κ3) is 2.57. The largest absolute Gasteiger partial charge is 0.311 e. The van der Waals surface area contributed by atoms with E-state index in [0.29, 0.717) is 0 Å². The molecule has 0 amide bonds. The van der Waals surface area contributed by atoms with Crippen molar-refractivity contribution in [2.75, 3.05) is 6.54 Å². The molecule has 0 atom stereocenters. The summed E-state index contributed by atoms with van der Waals surface area (Å²) in [5.41, 5.74) is 2.09. The standard InChI is InChI=1S/C13H17BrN4/c14-12-9-18-11(7-17-13(18)8-16-12)6-15-5-10-3-1-2-4-10/h7-10,15H,1-6H2. The van der Waals surface area contributed by atoms with Crippen molar-refractivity contribution < 1.29 is 0 Å². The van der Waals surface area contributed by atoms with Gasteiger partial charge >= 0.3 is 0 Å². The molecule has 0 saturated heterocycles. The number of nitrogens with zero attached hydrogens (tertiary/aromatic N) is 3. The fraction of sp³-hybridized carbons (Fsp3) is 0.538. The normalized spacial score (nSPS) is 16.7. The third-order valence-corrected chi connectivity index (χ3v) is 4.06. The fourth-order valence-corrected chi connectivity index (χ4v) is 2.97. The van der Waals surface area contributed by atoms with E-state index in [1.54, 1.807) is 6.20 Å². The molecule has 0 aromatic carbocycles. The molecule has 0 bridgehead atoms. The highest BCUT2D eigenvalue weighted by molar-refractivity contribution is 9.10. The predicted molar refractivity (Wildman–Crippen MR) is 74.4 cm³/mol. The Morgan fingerprint density at radius 3 is 2.94 bits per heavy atom. The van der Waals surface area contributed by atoms with Gasteiger partial charge in [-0.3, -0.25) is 4.40 Å². The smallest absolute Gasteiger partial charge is 0.155 e. The molecule has 0 spiro atoms. The van der Waals surface area contributed by atoms with Crippen molar-refractivity contribution in [3.63, 3.8) is 0 Å². The Morgan fingerprint density at radius 1 is 1.28 bits per heavy atom. The van der Waals surface area contributed by atoms with E-state index < -0.39 is 0 Å². The molecule has 1 fully saturated rings. The van der Waals surface area contributed by atoms with Crippen molar-refractivity contribution in [3.05, 3.63) is 28.9 Å². The van der Waals surface area contributed by atoms with E-state index >= 15 is 0 Å². The Hall–Kier alpha value is -0.940. The minimum Gasteiger partial charge on any atom is -0.311 e. The van der Waals surface area contributed by atoms with Gasteiger partial charge in [0.05, 0.1) is 18.1 Å². The summed E-state index contributed by atoms with van der Waals surface area (Å²) in [5, 5.41) is 3.54. The first kappa shape index (κ1) is 12.1. The van der Waals surface area contributed by atoms with Crippen molar-refractivity contribution in [1.29, 1.82) is 0 Å². The molecule has 1 N–H and O–H groups in total. The topological polar surface area (TPSA) is 42.2 Å². The molecule has 18 heavy (non-hydrogen) atoms. The van der Waals surface area contributed by atoms with Crippen molar-refractivity contribution in [1.82, 2.24) is 19.7 Å². The molecular formula is C13H17BrN4. The lowest BCUT2D eigenvalue weighted by Crippen LogP contribution is -2.21. The second kappa shape index (κ2) is 5.36. The number of fused-ring (bicyclic) bond motifs is 1. The van der Waals surface area contributed by atoms with Gasteiger partial charge in [-0.05, 0) is 41.2 Å². The molecule has 5 heteroatoms. The molecule has 1 aliphatic carbocycles. The van der Waals surface area contributed by atoms with E-state index in [2.05, 4.69) is 35.6 Å². The van der Waals surface area contributed by atoms with Crippen molar-refractivity contribution in [3.8, 4) is 0 Å². The number of halogens is 1. The molecule has 4 nitrogen and oxygen atoms in total. The van der Waals surface area contributed by atoms with E-state index in [4.69, 9.17) is 0 Å². The Bertz CT molecular complexity index is 531. The Balaban J connectivity index is 1.65. The number of imidazole rings is 1. The molecule has 1 aliphatic rings. The molecule has 96 valence electrons. The van der Waals surface area contributed by atoms with Crippen LogP contribution in [0.25, 0.3) is 5.65 Å². The summed E-state index contributed by atoms with van der Waals surface area (Å²) < 4.78 is 2.92. The molecule has 0 unspecified atom stereocenters. The first-order valence-corrected chi connectivity index (χ1v) is 7.30. The molecule has 2 heterocycles. The zero-order valence-corrected chi connectivity index (χ0v) is 11.9. The fourth-order valence-electron chi connectivity index (χ4n) is 2.67. The molecular weight excluding hydrogens is 292 g/mol. The molecule has 2 aromatic heterocycles. The summed E-state index contributed by atoms with van der Waals surface area (Å²) in [6, 6.07) is 0. The van der Waals surface area contributed by atoms with Gasteiger partial charge in [0.2, 0.25) is 0 Å². The predicted octanol–water partition coefficient (Wildman–Crippen LogP) is 2.77. The van der Waals surface area contributed by atoms with E-state index in [-0.39, 0.29) is 0 Å². The first-order chi connectivity index (χ1) is 8.83. The molecule has 2 aromatic rings. The van der Waals surface area contributed by atoms with Gasteiger partial charge in [0.25, 0.3) is 0 Å². The van der Waals surface area contributed by atoms with Gasteiger partial charge in [-0.2, -0.15) is 0 Å². The van der Waals surface area contributed by atoms with Crippen LogP contribution >= 0.6 is 15.9 Å². The van der Waals surface area contributed by atoms with E-state index in [9.17, 15) is 0 Å². The van der Waals surface area contributed by atoms with E-state index in [0.717, 1.165) is 29.3 Å². The maximum Gasteiger partial charge on any atom is 0.155 e. The van der Waals surface area contributed by atoms with Gasteiger partial charge in [-0.15, -0.1) is 0 Å². The zero-order valence-electron chi connectivity index (χ0n) is 10.3. The average molecular weight is 309 g/mol. The monoisotopic (exact) mass is 308 g/mol. The van der Waals surface area contributed by atoms with Gasteiger partial charge in [0.1, 0.15) is 4.60 Å².